The minimum Gasteiger partial charge on any atom is -0.368 e. The van der Waals surface area contributed by atoms with Crippen molar-refractivity contribution in [3.05, 3.63) is 23.6 Å². The van der Waals surface area contributed by atoms with E-state index in [2.05, 4.69) is 28.8 Å². The summed E-state index contributed by atoms with van der Waals surface area (Å²) in [5.41, 5.74) is 1.99. The lowest BCUT2D eigenvalue weighted by molar-refractivity contribution is 0.423. The highest BCUT2D eigenvalue weighted by molar-refractivity contribution is 6.29. The molecule has 1 aliphatic rings. The Kier molecular flexibility index (Phi) is 2.90. The molecule has 0 aliphatic carbocycles. The van der Waals surface area contributed by atoms with Crippen LogP contribution in [0.2, 0.25) is 5.15 Å². The Balaban J connectivity index is 1.97. The maximum absolute atomic E-state index is 6.07. The fourth-order valence-electron chi connectivity index (χ4n) is 2.65. The van der Waals surface area contributed by atoms with Gasteiger partial charge >= 0.3 is 0 Å². The molecule has 96 valence electrons. The number of imidazole rings is 1. The van der Waals surface area contributed by atoms with Gasteiger partial charge in [0.1, 0.15) is 0 Å². The number of hydrogen-bond acceptors (Lipinski definition) is 3. The van der Waals surface area contributed by atoms with Crippen molar-refractivity contribution in [1.29, 1.82) is 0 Å². The molecule has 4 nitrogen and oxygen atoms in total. The molecule has 0 spiro atoms. The van der Waals surface area contributed by atoms with Crippen molar-refractivity contribution >= 4 is 22.9 Å². The van der Waals surface area contributed by atoms with E-state index in [-0.39, 0.29) is 0 Å². The van der Waals surface area contributed by atoms with Gasteiger partial charge in [0, 0.05) is 31.5 Å². The molecule has 5 heteroatoms. The zero-order valence-electron chi connectivity index (χ0n) is 10.7. The molecule has 3 heterocycles. The van der Waals surface area contributed by atoms with E-state index in [1.54, 1.807) is 10.7 Å². The first kappa shape index (κ1) is 11.8. The van der Waals surface area contributed by atoms with Gasteiger partial charge in [-0.1, -0.05) is 25.4 Å². The minimum atomic E-state index is 0.517. The van der Waals surface area contributed by atoms with Gasteiger partial charge in [-0.25, -0.2) is 9.50 Å². The Morgan fingerprint density at radius 3 is 3.00 bits per heavy atom. The lowest BCUT2D eigenvalue weighted by atomic mass is 9.95. The van der Waals surface area contributed by atoms with Crippen molar-refractivity contribution < 1.29 is 0 Å². The van der Waals surface area contributed by atoms with Crippen LogP contribution in [-0.2, 0) is 0 Å². The lowest BCUT2D eigenvalue weighted by Gasteiger charge is -2.20. The number of hydrogen-bond donors (Lipinski definition) is 0. The van der Waals surface area contributed by atoms with E-state index in [0.29, 0.717) is 5.15 Å². The third-order valence-electron chi connectivity index (χ3n) is 3.82. The molecule has 2 aromatic heterocycles. The van der Waals surface area contributed by atoms with Gasteiger partial charge in [-0.15, -0.1) is 0 Å². The molecule has 1 saturated heterocycles. The first-order valence-electron chi connectivity index (χ1n) is 6.40. The molecule has 1 atom stereocenters. The summed E-state index contributed by atoms with van der Waals surface area (Å²) in [6, 6.07) is 1.92. The topological polar surface area (TPSA) is 33.4 Å². The Hall–Kier alpha value is -1.29. The number of anilines is 1. The zero-order chi connectivity index (χ0) is 12.7. The SMILES string of the molecule is CC(C)[C@@H]1CCN(c2cc(Cl)nn3ccnc23)C1. The van der Waals surface area contributed by atoms with Gasteiger partial charge in [0.05, 0.1) is 5.69 Å². The molecule has 0 unspecified atom stereocenters. The van der Waals surface area contributed by atoms with Crippen molar-refractivity contribution in [1.82, 2.24) is 14.6 Å². The fraction of sp³-hybridized carbons (Fsp3) is 0.538. The smallest absolute Gasteiger partial charge is 0.177 e. The predicted octanol–water partition coefficient (Wildman–Crippen LogP) is 2.87. The molecular weight excluding hydrogens is 248 g/mol. The zero-order valence-corrected chi connectivity index (χ0v) is 11.4. The maximum atomic E-state index is 6.07. The van der Waals surface area contributed by atoms with E-state index in [4.69, 9.17) is 11.6 Å². The molecular formula is C13H17ClN4. The van der Waals surface area contributed by atoms with Crippen LogP contribution < -0.4 is 4.90 Å². The van der Waals surface area contributed by atoms with E-state index in [9.17, 15) is 0 Å². The van der Waals surface area contributed by atoms with Crippen molar-refractivity contribution in [2.45, 2.75) is 20.3 Å². The number of aromatic nitrogens is 3. The van der Waals surface area contributed by atoms with Gasteiger partial charge in [-0.2, -0.15) is 5.10 Å². The molecule has 1 fully saturated rings. The first-order valence-corrected chi connectivity index (χ1v) is 6.78. The summed E-state index contributed by atoms with van der Waals surface area (Å²) in [7, 11) is 0. The number of rotatable bonds is 2. The van der Waals surface area contributed by atoms with Crippen LogP contribution in [0.4, 0.5) is 5.69 Å². The second-order valence-electron chi connectivity index (χ2n) is 5.29. The van der Waals surface area contributed by atoms with E-state index in [1.165, 1.54) is 6.42 Å². The molecule has 0 radical (unpaired) electrons. The summed E-state index contributed by atoms with van der Waals surface area (Å²) >= 11 is 6.07. The van der Waals surface area contributed by atoms with Crippen molar-refractivity contribution in [3.8, 4) is 0 Å². The highest BCUT2D eigenvalue weighted by Gasteiger charge is 2.26. The standard InChI is InChI=1S/C13H17ClN4/c1-9(2)10-3-5-17(8-10)11-7-12(14)16-18-6-4-15-13(11)18/h4,6-7,9-10H,3,5,8H2,1-2H3/t10-/m1/s1. The molecule has 0 bridgehead atoms. The number of halogens is 1. The normalized spacial score (nSPS) is 20.2. The Morgan fingerprint density at radius 1 is 1.44 bits per heavy atom. The van der Waals surface area contributed by atoms with Crippen LogP contribution in [0.5, 0.6) is 0 Å². The van der Waals surface area contributed by atoms with Crippen LogP contribution in [-0.4, -0.2) is 27.7 Å². The number of fused-ring (bicyclic) bond motifs is 1. The summed E-state index contributed by atoms with van der Waals surface area (Å²) in [5.74, 6) is 1.48. The van der Waals surface area contributed by atoms with Gasteiger partial charge in [0.25, 0.3) is 0 Å². The maximum Gasteiger partial charge on any atom is 0.177 e. The summed E-state index contributed by atoms with van der Waals surface area (Å²) in [4.78, 5) is 6.75. The van der Waals surface area contributed by atoms with E-state index < -0.39 is 0 Å². The van der Waals surface area contributed by atoms with Crippen LogP contribution in [0.1, 0.15) is 20.3 Å². The first-order chi connectivity index (χ1) is 8.65. The highest BCUT2D eigenvalue weighted by atomic mass is 35.5. The van der Waals surface area contributed by atoms with Crippen LogP contribution in [0.3, 0.4) is 0 Å². The third-order valence-corrected chi connectivity index (χ3v) is 4.00. The molecule has 1 aliphatic heterocycles. The van der Waals surface area contributed by atoms with Gasteiger partial charge in [0.2, 0.25) is 0 Å². The molecule has 2 aromatic rings. The predicted molar refractivity (Wildman–Crippen MR) is 73.2 cm³/mol. The van der Waals surface area contributed by atoms with Gasteiger partial charge in [0.15, 0.2) is 10.8 Å². The molecule has 0 N–H and O–H groups in total. The monoisotopic (exact) mass is 264 g/mol. The third kappa shape index (κ3) is 1.94. The minimum absolute atomic E-state index is 0.517. The Morgan fingerprint density at radius 2 is 2.28 bits per heavy atom. The van der Waals surface area contributed by atoms with Gasteiger partial charge in [-0.3, -0.25) is 0 Å². The average molecular weight is 265 g/mol. The summed E-state index contributed by atoms with van der Waals surface area (Å²) in [6.07, 6.45) is 4.84. The van der Waals surface area contributed by atoms with Crippen LogP contribution >= 0.6 is 11.6 Å². The van der Waals surface area contributed by atoms with Crippen LogP contribution in [0.15, 0.2) is 18.5 Å². The van der Waals surface area contributed by atoms with Gasteiger partial charge in [-0.05, 0) is 18.3 Å². The molecule has 0 saturated carbocycles. The molecule has 18 heavy (non-hydrogen) atoms. The second kappa shape index (κ2) is 4.43. The van der Waals surface area contributed by atoms with Crippen molar-refractivity contribution in [3.63, 3.8) is 0 Å². The molecule has 0 aromatic carbocycles. The highest BCUT2D eigenvalue weighted by Crippen LogP contribution is 2.31. The number of nitrogens with zero attached hydrogens (tertiary/aromatic N) is 4. The van der Waals surface area contributed by atoms with E-state index >= 15 is 0 Å². The largest absolute Gasteiger partial charge is 0.368 e. The molecule has 0 amide bonds. The van der Waals surface area contributed by atoms with Crippen molar-refractivity contribution in [2.75, 3.05) is 18.0 Å². The quantitative estimate of drug-likeness (QED) is 0.836. The Labute approximate surface area is 112 Å². The summed E-state index contributed by atoms with van der Waals surface area (Å²) < 4.78 is 1.75. The summed E-state index contributed by atoms with van der Waals surface area (Å²) in [6.45, 7) is 6.74. The second-order valence-corrected chi connectivity index (χ2v) is 5.67. The molecule has 3 rings (SSSR count). The lowest BCUT2D eigenvalue weighted by Crippen LogP contribution is -2.22. The fourth-order valence-corrected chi connectivity index (χ4v) is 2.84. The van der Waals surface area contributed by atoms with Crippen LogP contribution in [0.25, 0.3) is 5.65 Å². The Bertz CT molecular complexity index is 563. The van der Waals surface area contributed by atoms with Crippen LogP contribution in [0, 0.1) is 11.8 Å². The summed E-state index contributed by atoms with van der Waals surface area (Å²) in [5, 5.41) is 4.73. The van der Waals surface area contributed by atoms with E-state index in [1.807, 2.05) is 12.3 Å². The van der Waals surface area contributed by atoms with E-state index in [0.717, 1.165) is 36.3 Å². The van der Waals surface area contributed by atoms with Gasteiger partial charge < -0.3 is 4.90 Å². The van der Waals surface area contributed by atoms with Crippen molar-refractivity contribution in [2.24, 2.45) is 11.8 Å². The average Bonchev–Trinajstić information content (AvgIpc) is 2.95.